The van der Waals surface area contributed by atoms with Crippen LogP contribution >= 0.6 is 11.3 Å². The maximum atomic E-state index is 11.5. The van der Waals surface area contributed by atoms with Crippen molar-refractivity contribution in [1.29, 1.82) is 0 Å². The molecular weight excluding hydrogens is 256 g/mol. The second-order valence-electron chi connectivity index (χ2n) is 4.68. The van der Waals surface area contributed by atoms with Crippen LogP contribution in [0.15, 0.2) is 41.8 Å². The van der Waals surface area contributed by atoms with Crippen molar-refractivity contribution in [2.45, 2.75) is 25.7 Å². The first-order valence-corrected chi connectivity index (χ1v) is 7.22. The maximum absolute atomic E-state index is 11.5. The molecule has 0 fully saturated rings. The van der Waals surface area contributed by atoms with Gasteiger partial charge in [-0.05, 0) is 30.4 Å². The molecule has 0 aliphatic heterocycles. The van der Waals surface area contributed by atoms with E-state index in [0.717, 1.165) is 6.42 Å². The lowest BCUT2D eigenvalue weighted by molar-refractivity contribution is -0.141. The van der Waals surface area contributed by atoms with Gasteiger partial charge in [0.15, 0.2) is 0 Å². The number of benzene rings is 1. The van der Waals surface area contributed by atoms with E-state index in [0.29, 0.717) is 6.42 Å². The number of rotatable bonds is 5. The van der Waals surface area contributed by atoms with E-state index in [2.05, 4.69) is 42.6 Å². The molecule has 0 aliphatic carbocycles. The molecule has 0 bridgehead atoms. The molecule has 2 rings (SSSR count). The fraction of sp³-hybridized carbons (Fsp3) is 0.312. The van der Waals surface area contributed by atoms with Crippen molar-refractivity contribution >= 4 is 17.3 Å². The topological polar surface area (TPSA) is 26.3 Å². The van der Waals surface area contributed by atoms with Crippen LogP contribution in [0.5, 0.6) is 0 Å². The number of thiophene rings is 1. The predicted molar refractivity (Wildman–Crippen MR) is 78.6 cm³/mol. The van der Waals surface area contributed by atoms with Crippen molar-refractivity contribution in [3.8, 4) is 0 Å². The SMILES string of the molecule is COC(=O)CC(Cc1ccc(C)cc1)c1cccs1. The van der Waals surface area contributed by atoms with Gasteiger partial charge in [-0.3, -0.25) is 4.79 Å². The number of aryl methyl sites for hydroxylation is 1. The summed E-state index contributed by atoms with van der Waals surface area (Å²) in [6, 6.07) is 12.6. The van der Waals surface area contributed by atoms with Gasteiger partial charge in [0.2, 0.25) is 0 Å². The van der Waals surface area contributed by atoms with E-state index in [9.17, 15) is 4.79 Å². The quantitative estimate of drug-likeness (QED) is 0.772. The molecule has 0 saturated carbocycles. The van der Waals surface area contributed by atoms with E-state index in [4.69, 9.17) is 4.74 Å². The summed E-state index contributed by atoms with van der Waals surface area (Å²) in [5.74, 6) is 0.0562. The number of carbonyl (C=O) groups is 1. The van der Waals surface area contributed by atoms with Gasteiger partial charge in [-0.15, -0.1) is 11.3 Å². The Bertz CT molecular complexity index is 514. The summed E-state index contributed by atoms with van der Waals surface area (Å²) in [6.45, 7) is 2.08. The van der Waals surface area contributed by atoms with Crippen LogP contribution in [0.3, 0.4) is 0 Å². The van der Waals surface area contributed by atoms with E-state index in [1.807, 2.05) is 6.07 Å². The molecule has 1 atom stereocenters. The monoisotopic (exact) mass is 274 g/mol. The summed E-state index contributed by atoms with van der Waals surface area (Å²) in [7, 11) is 1.44. The van der Waals surface area contributed by atoms with Gasteiger partial charge in [0, 0.05) is 10.8 Å². The third-order valence-electron chi connectivity index (χ3n) is 3.19. The van der Waals surface area contributed by atoms with Gasteiger partial charge >= 0.3 is 5.97 Å². The van der Waals surface area contributed by atoms with Crippen LogP contribution < -0.4 is 0 Å². The molecule has 0 amide bonds. The minimum Gasteiger partial charge on any atom is -0.469 e. The van der Waals surface area contributed by atoms with Crippen molar-refractivity contribution in [2.24, 2.45) is 0 Å². The Morgan fingerprint density at radius 3 is 2.58 bits per heavy atom. The first-order chi connectivity index (χ1) is 9.19. The Hall–Kier alpha value is -1.61. The Morgan fingerprint density at radius 2 is 2.00 bits per heavy atom. The van der Waals surface area contributed by atoms with Crippen molar-refractivity contribution in [1.82, 2.24) is 0 Å². The predicted octanol–water partition coefficient (Wildman–Crippen LogP) is 3.95. The van der Waals surface area contributed by atoms with Crippen molar-refractivity contribution in [2.75, 3.05) is 7.11 Å². The third-order valence-corrected chi connectivity index (χ3v) is 4.22. The van der Waals surface area contributed by atoms with Gasteiger partial charge < -0.3 is 4.74 Å². The van der Waals surface area contributed by atoms with E-state index in [1.165, 1.54) is 23.1 Å². The van der Waals surface area contributed by atoms with E-state index in [-0.39, 0.29) is 11.9 Å². The molecule has 1 aromatic carbocycles. The van der Waals surface area contributed by atoms with E-state index in [1.54, 1.807) is 11.3 Å². The smallest absolute Gasteiger partial charge is 0.306 e. The number of ether oxygens (including phenoxy) is 1. The standard InChI is InChI=1S/C16H18O2S/c1-12-5-7-13(8-6-12)10-14(11-16(17)18-2)15-4-3-9-19-15/h3-9,14H,10-11H2,1-2H3. The summed E-state index contributed by atoms with van der Waals surface area (Å²) in [4.78, 5) is 12.8. The van der Waals surface area contributed by atoms with Crippen LogP contribution in [0.4, 0.5) is 0 Å². The maximum Gasteiger partial charge on any atom is 0.306 e. The van der Waals surface area contributed by atoms with Gasteiger partial charge in [-0.2, -0.15) is 0 Å². The van der Waals surface area contributed by atoms with Crippen molar-refractivity contribution < 1.29 is 9.53 Å². The van der Waals surface area contributed by atoms with Crippen LogP contribution in [-0.2, 0) is 16.0 Å². The minimum absolute atomic E-state index is 0.148. The average molecular weight is 274 g/mol. The molecule has 1 aromatic heterocycles. The lowest BCUT2D eigenvalue weighted by Crippen LogP contribution is -2.10. The normalized spacial score (nSPS) is 12.1. The molecule has 3 heteroatoms. The summed E-state index contributed by atoms with van der Waals surface area (Å²) >= 11 is 1.70. The summed E-state index contributed by atoms with van der Waals surface area (Å²) in [5, 5.41) is 2.05. The molecule has 0 saturated heterocycles. The Balaban J connectivity index is 2.13. The zero-order valence-corrected chi connectivity index (χ0v) is 12.1. The first kappa shape index (κ1) is 13.8. The zero-order chi connectivity index (χ0) is 13.7. The van der Waals surface area contributed by atoms with Crippen LogP contribution in [0.1, 0.15) is 28.3 Å². The van der Waals surface area contributed by atoms with Crippen molar-refractivity contribution in [3.63, 3.8) is 0 Å². The van der Waals surface area contributed by atoms with Crippen LogP contribution in [0.2, 0.25) is 0 Å². The fourth-order valence-electron chi connectivity index (χ4n) is 2.09. The van der Waals surface area contributed by atoms with Gasteiger partial charge in [0.05, 0.1) is 13.5 Å². The highest BCUT2D eigenvalue weighted by Crippen LogP contribution is 2.28. The molecule has 1 unspecified atom stereocenters. The first-order valence-electron chi connectivity index (χ1n) is 6.35. The van der Waals surface area contributed by atoms with Crippen LogP contribution in [-0.4, -0.2) is 13.1 Å². The lowest BCUT2D eigenvalue weighted by atomic mass is 9.94. The van der Waals surface area contributed by atoms with E-state index >= 15 is 0 Å². The van der Waals surface area contributed by atoms with Crippen LogP contribution in [0, 0.1) is 6.92 Å². The van der Waals surface area contributed by atoms with Gasteiger partial charge in [-0.25, -0.2) is 0 Å². The van der Waals surface area contributed by atoms with Gasteiger partial charge in [-0.1, -0.05) is 35.9 Å². The summed E-state index contributed by atoms with van der Waals surface area (Å²) < 4.78 is 4.80. The molecule has 0 radical (unpaired) electrons. The highest BCUT2D eigenvalue weighted by atomic mass is 32.1. The van der Waals surface area contributed by atoms with Gasteiger partial charge in [0.1, 0.15) is 0 Å². The molecule has 0 N–H and O–H groups in total. The number of carbonyl (C=O) groups excluding carboxylic acids is 1. The highest BCUT2D eigenvalue weighted by molar-refractivity contribution is 7.10. The second kappa shape index (κ2) is 6.53. The number of hydrogen-bond acceptors (Lipinski definition) is 3. The number of hydrogen-bond donors (Lipinski definition) is 0. The third kappa shape index (κ3) is 3.93. The summed E-state index contributed by atoms with van der Waals surface area (Å²) in [6.07, 6.45) is 1.31. The van der Waals surface area contributed by atoms with E-state index < -0.39 is 0 Å². The molecule has 0 aliphatic rings. The van der Waals surface area contributed by atoms with Crippen LogP contribution in [0.25, 0.3) is 0 Å². The molecule has 100 valence electrons. The van der Waals surface area contributed by atoms with Crippen molar-refractivity contribution in [3.05, 3.63) is 57.8 Å². The fourth-order valence-corrected chi connectivity index (χ4v) is 2.92. The Labute approximate surface area is 118 Å². The summed E-state index contributed by atoms with van der Waals surface area (Å²) in [5.41, 5.74) is 2.51. The second-order valence-corrected chi connectivity index (χ2v) is 5.66. The Kier molecular flexibility index (Phi) is 4.74. The number of esters is 1. The molecule has 19 heavy (non-hydrogen) atoms. The number of methoxy groups -OCH3 is 1. The lowest BCUT2D eigenvalue weighted by Gasteiger charge is -2.14. The minimum atomic E-state index is -0.148. The average Bonchev–Trinajstić information content (AvgIpc) is 2.94. The molecule has 2 aromatic rings. The molecule has 2 nitrogen and oxygen atoms in total. The molecular formula is C16H18O2S. The largest absolute Gasteiger partial charge is 0.469 e. The zero-order valence-electron chi connectivity index (χ0n) is 11.3. The Morgan fingerprint density at radius 1 is 1.26 bits per heavy atom. The molecule has 1 heterocycles. The van der Waals surface area contributed by atoms with Gasteiger partial charge in [0.25, 0.3) is 0 Å². The highest BCUT2D eigenvalue weighted by Gasteiger charge is 2.18. The molecule has 0 spiro atoms.